The SMILES string of the molecule is O=C(NCC1CCCN1)c1cncc(-c2ccc(Cl)cc2)c1. The van der Waals surface area contributed by atoms with Crippen LogP contribution in [0.4, 0.5) is 0 Å². The number of carbonyl (C=O) groups excluding carboxylic acids is 1. The Morgan fingerprint density at radius 2 is 2.09 bits per heavy atom. The van der Waals surface area contributed by atoms with E-state index in [0.717, 1.165) is 24.1 Å². The number of hydrogen-bond donors (Lipinski definition) is 2. The molecule has 2 N–H and O–H groups in total. The average Bonchev–Trinajstić information content (AvgIpc) is 3.07. The average molecular weight is 316 g/mol. The van der Waals surface area contributed by atoms with Gasteiger partial charge >= 0.3 is 0 Å². The molecule has 5 heteroatoms. The lowest BCUT2D eigenvalue weighted by Gasteiger charge is -2.11. The highest BCUT2D eigenvalue weighted by molar-refractivity contribution is 6.30. The minimum absolute atomic E-state index is 0.0861. The zero-order valence-electron chi connectivity index (χ0n) is 12.2. The monoisotopic (exact) mass is 315 g/mol. The van der Waals surface area contributed by atoms with Crippen LogP contribution in [0.25, 0.3) is 11.1 Å². The van der Waals surface area contributed by atoms with E-state index in [-0.39, 0.29) is 5.91 Å². The van der Waals surface area contributed by atoms with Crippen LogP contribution in [-0.4, -0.2) is 30.0 Å². The van der Waals surface area contributed by atoms with Gasteiger partial charge in [-0.1, -0.05) is 23.7 Å². The van der Waals surface area contributed by atoms with Gasteiger partial charge in [0.2, 0.25) is 0 Å². The third-order valence-corrected chi connectivity index (χ3v) is 4.10. The molecule has 2 heterocycles. The number of nitrogens with one attached hydrogen (secondary N) is 2. The summed E-state index contributed by atoms with van der Waals surface area (Å²) in [7, 11) is 0. The van der Waals surface area contributed by atoms with Gasteiger partial charge in [-0.15, -0.1) is 0 Å². The van der Waals surface area contributed by atoms with Crippen LogP contribution in [0.3, 0.4) is 0 Å². The second-order valence-electron chi connectivity index (χ2n) is 5.47. The maximum atomic E-state index is 12.2. The molecule has 1 fully saturated rings. The van der Waals surface area contributed by atoms with Crippen molar-refractivity contribution in [3.63, 3.8) is 0 Å². The van der Waals surface area contributed by atoms with Gasteiger partial charge in [-0.05, 0) is 43.1 Å². The molecule has 114 valence electrons. The van der Waals surface area contributed by atoms with Gasteiger partial charge in [0.25, 0.3) is 5.91 Å². The third-order valence-electron chi connectivity index (χ3n) is 3.85. The maximum absolute atomic E-state index is 12.2. The normalized spacial score (nSPS) is 17.4. The van der Waals surface area contributed by atoms with Crippen LogP contribution in [0.1, 0.15) is 23.2 Å². The van der Waals surface area contributed by atoms with E-state index in [4.69, 9.17) is 11.6 Å². The minimum atomic E-state index is -0.0861. The molecule has 1 amide bonds. The molecule has 22 heavy (non-hydrogen) atoms. The van der Waals surface area contributed by atoms with Crippen molar-refractivity contribution in [1.29, 1.82) is 0 Å². The van der Waals surface area contributed by atoms with Gasteiger partial charge in [0, 0.05) is 35.6 Å². The molecule has 0 spiro atoms. The number of carbonyl (C=O) groups is 1. The molecule has 0 saturated carbocycles. The van der Waals surface area contributed by atoms with Gasteiger partial charge in [0.15, 0.2) is 0 Å². The van der Waals surface area contributed by atoms with Gasteiger partial charge in [-0.2, -0.15) is 0 Å². The van der Waals surface area contributed by atoms with Gasteiger partial charge in [0.1, 0.15) is 0 Å². The molecular weight excluding hydrogens is 298 g/mol. The molecule has 1 aromatic carbocycles. The van der Waals surface area contributed by atoms with Crippen molar-refractivity contribution >= 4 is 17.5 Å². The molecule has 1 aliphatic rings. The van der Waals surface area contributed by atoms with E-state index < -0.39 is 0 Å². The van der Waals surface area contributed by atoms with Gasteiger partial charge < -0.3 is 10.6 Å². The van der Waals surface area contributed by atoms with Gasteiger partial charge in [-0.25, -0.2) is 0 Å². The predicted octanol–water partition coefficient (Wildman–Crippen LogP) is 2.88. The number of benzene rings is 1. The molecule has 1 aliphatic heterocycles. The summed E-state index contributed by atoms with van der Waals surface area (Å²) in [5, 5.41) is 7.02. The Morgan fingerprint density at radius 1 is 1.27 bits per heavy atom. The minimum Gasteiger partial charge on any atom is -0.350 e. The number of rotatable bonds is 4. The first-order chi connectivity index (χ1) is 10.7. The second-order valence-corrected chi connectivity index (χ2v) is 5.91. The molecule has 0 bridgehead atoms. The highest BCUT2D eigenvalue weighted by Gasteiger charge is 2.15. The Labute approximate surface area is 134 Å². The largest absolute Gasteiger partial charge is 0.350 e. The summed E-state index contributed by atoms with van der Waals surface area (Å²) in [6.45, 7) is 1.69. The Morgan fingerprint density at radius 3 is 2.82 bits per heavy atom. The standard InChI is InChI=1S/C17H18ClN3O/c18-15-5-3-12(4-6-15)13-8-14(10-19-9-13)17(22)21-11-16-2-1-7-20-16/h3-6,8-10,16,20H,1-2,7,11H2,(H,21,22). The number of amides is 1. The molecule has 4 nitrogen and oxygen atoms in total. The van der Waals surface area contributed by atoms with E-state index in [0.29, 0.717) is 23.2 Å². The fourth-order valence-corrected chi connectivity index (χ4v) is 2.74. The highest BCUT2D eigenvalue weighted by atomic mass is 35.5. The molecule has 0 aliphatic carbocycles. The summed E-state index contributed by atoms with van der Waals surface area (Å²) in [5.41, 5.74) is 2.47. The Hall–Kier alpha value is -1.91. The summed E-state index contributed by atoms with van der Waals surface area (Å²) >= 11 is 5.90. The molecule has 1 aromatic heterocycles. The van der Waals surface area contributed by atoms with E-state index in [9.17, 15) is 4.79 Å². The van der Waals surface area contributed by atoms with Crippen LogP contribution in [-0.2, 0) is 0 Å². The lowest BCUT2D eigenvalue weighted by atomic mass is 10.1. The Bertz CT molecular complexity index is 651. The van der Waals surface area contributed by atoms with E-state index >= 15 is 0 Å². The van der Waals surface area contributed by atoms with Crippen LogP contribution in [0.5, 0.6) is 0 Å². The fourth-order valence-electron chi connectivity index (χ4n) is 2.61. The number of aromatic nitrogens is 1. The Kier molecular flexibility index (Phi) is 4.71. The maximum Gasteiger partial charge on any atom is 0.252 e. The lowest BCUT2D eigenvalue weighted by Crippen LogP contribution is -2.37. The van der Waals surface area contributed by atoms with Crippen molar-refractivity contribution in [3.8, 4) is 11.1 Å². The topological polar surface area (TPSA) is 54.0 Å². The van der Waals surface area contributed by atoms with E-state index in [1.165, 1.54) is 6.42 Å². The first-order valence-electron chi connectivity index (χ1n) is 7.45. The van der Waals surface area contributed by atoms with Crippen molar-refractivity contribution < 1.29 is 4.79 Å². The highest BCUT2D eigenvalue weighted by Crippen LogP contribution is 2.21. The number of halogens is 1. The van der Waals surface area contributed by atoms with Crippen LogP contribution in [0, 0.1) is 0 Å². The predicted molar refractivity (Wildman–Crippen MR) is 88.0 cm³/mol. The first kappa shape index (κ1) is 15.0. The summed E-state index contributed by atoms with van der Waals surface area (Å²) < 4.78 is 0. The lowest BCUT2D eigenvalue weighted by molar-refractivity contribution is 0.0950. The number of nitrogens with zero attached hydrogens (tertiary/aromatic N) is 1. The quantitative estimate of drug-likeness (QED) is 0.912. The molecule has 1 atom stereocenters. The summed E-state index contributed by atoms with van der Waals surface area (Å²) in [6.07, 6.45) is 5.63. The van der Waals surface area contributed by atoms with Gasteiger partial charge in [-0.3, -0.25) is 9.78 Å². The molecule has 1 saturated heterocycles. The molecular formula is C17H18ClN3O. The summed E-state index contributed by atoms with van der Waals surface area (Å²) in [5.74, 6) is -0.0861. The van der Waals surface area contributed by atoms with Crippen LogP contribution < -0.4 is 10.6 Å². The summed E-state index contributed by atoms with van der Waals surface area (Å²) in [6, 6.07) is 9.74. The number of hydrogen-bond acceptors (Lipinski definition) is 3. The fraction of sp³-hybridized carbons (Fsp3) is 0.294. The van der Waals surface area contributed by atoms with E-state index in [1.807, 2.05) is 30.3 Å². The Balaban J connectivity index is 1.69. The van der Waals surface area contributed by atoms with E-state index in [2.05, 4.69) is 15.6 Å². The van der Waals surface area contributed by atoms with Crippen molar-refractivity contribution in [2.75, 3.05) is 13.1 Å². The first-order valence-corrected chi connectivity index (χ1v) is 7.83. The molecule has 2 aromatic rings. The number of pyridine rings is 1. The van der Waals surface area contributed by atoms with Gasteiger partial charge in [0.05, 0.1) is 5.56 Å². The smallest absolute Gasteiger partial charge is 0.252 e. The van der Waals surface area contributed by atoms with Crippen molar-refractivity contribution in [2.24, 2.45) is 0 Å². The van der Waals surface area contributed by atoms with Crippen LogP contribution >= 0.6 is 11.6 Å². The van der Waals surface area contributed by atoms with Crippen LogP contribution in [0.15, 0.2) is 42.7 Å². The molecule has 0 radical (unpaired) electrons. The van der Waals surface area contributed by atoms with E-state index in [1.54, 1.807) is 12.4 Å². The van der Waals surface area contributed by atoms with Crippen molar-refractivity contribution in [3.05, 3.63) is 53.3 Å². The molecule has 1 unspecified atom stereocenters. The third kappa shape index (κ3) is 3.64. The summed E-state index contributed by atoms with van der Waals surface area (Å²) in [4.78, 5) is 16.4. The zero-order chi connectivity index (χ0) is 15.4. The van der Waals surface area contributed by atoms with Crippen molar-refractivity contribution in [2.45, 2.75) is 18.9 Å². The second kappa shape index (κ2) is 6.90. The van der Waals surface area contributed by atoms with Crippen LogP contribution in [0.2, 0.25) is 5.02 Å². The molecule has 3 rings (SSSR count). The van der Waals surface area contributed by atoms with Crippen molar-refractivity contribution in [1.82, 2.24) is 15.6 Å². The zero-order valence-corrected chi connectivity index (χ0v) is 12.9.